The van der Waals surface area contributed by atoms with Crippen LogP contribution < -0.4 is 0 Å². The van der Waals surface area contributed by atoms with Gasteiger partial charge in [-0.05, 0) is 42.4 Å². The second-order valence-electron chi connectivity index (χ2n) is 4.72. The number of carbonyl (C=O) groups excluding carboxylic acids is 1. The summed E-state index contributed by atoms with van der Waals surface area (Å²) in [5, 5.41) is 8.92. The number of hydrogen-bond donors (Lipinski definition) is 0. The summed E-state index contributed by atoms with van der Waals surface area (Å²) in [6.45, 7) is 2.91. The molecule has 0 N–H and O–H groups in total. The lowest BCUT2D eigenvalue weighted by atomic mass is 10.1. The van der Waals surface area contributed by atoms with Crippen LogP contribution in [-0.4, -0.2) is 22.9 Å². The van der Waals surface area contributed by atoms with Crippen molar-refractivity contribution in [2.45, 2.75) is 39.0 Å². The van der Waals surface area contributed by atoms with Gasteiger partial charge >= 0.3 is 6.72 Å². The number of nitriles is 1. The average Bonchev–Trinajstić information content (AvgIpc) is 2.53. The molecule has 0 saturated carbocycles. The maximum Gasteiger partial charge on any atom is 0.356 e. The van der Waals surface area contributed by atoms with Gasteiger partial charge in [-0.1, -0.05) is 26.0 Å². The Morgan fingerprint density at radius 2 is 2.05 bits per heavy atom. The largest absolute Gasteiger partial charge is 0.356 e. The minimum absolute atomic E-state index is 0.126. The van der Waals surface area contributed by atoms with Crippen LogP contribution in [0.15, 0.2) is 24.3 Å². The van der Waals surface area contributed by atoms with Crippen molar-refractivity contribution >= 4 is 24.5 Å². The minimum Gasteiger partial charge on any atom is -0.306 e. The van der Waals surface area contributed by atoms with Crippen molar-refractivity contribution in [2.75, 3.05) is 6.61 Å². The topological polar surface area (TPSA) is 70.4 Å². The normalized spacial score (nSPS) is 14.6. The highest BCUT2D eigenvalue weighted by atomic mass is 32.7. The highest BCUT2D eigenvalue weighted by Gasteiger charge is 2.33. The van der Waals surface area contributed by atoms with Crippen LogP contribution in [0.1, 0.15) is 38.3 Å². The molecule has 0 saturated heterocycles. The Bertz CT molecular complexity index is 571. The molecule has 1 rings (SSSR count). The van der Waals surface area contributed by atoms with Crippen molar-refractivity contribution in [3.05, 3.63) is 35.4 Å². The standard InChI is InChI=1S/C15H21N2O3PS/c1-4-13(3)22-21(19,20-5-2)17(12-18)11-15-8-6-14(10-16)7-9-15/h6-9,12-13H,4-5,11H2,1-3H3. The van der Waals surface area contributed by atoms with E-state index in [1.807, 2.05) is 19.9 Å². The zero-order valence-electron chi connectivity index (χ0n) is 13.1. The molecule has 0 heterocycles. The van der Waals surface area contributed by atoms with E-state index in [0.29, 0.717) is 12.0 Å². The van der Waals surface area contributed by atoms with E-state index in [4.69, 9.17) is 9.79 Å². The van der Waals surface area contributed by atoms with Crippen molar-refractivity contribution in [1.82, 2.24) is 4.67 Å². The lowest BCUT2D eigenvalue weighted by molar-refractivity contribution is -0.114. The first-order chi connectivity index (χ1) is 10.5. The Kier molecular flexibility index (Phi) is 7.67. The number of benzene rings is 1. The molecule has 7 heteroatoms. The Morgan fingerprint density at radius 3 is 2.50 bits per heavy atom. The van der Waals surface area contributed by atoms with E-state index >= 15 is 0 Å². The van der Waals surface area contributed by atoms with Crippen LogP contribution in [0, 0.1) is 11.3 Å². The Balaban J connectivity index is 2.95. The van der Waals surface area contributed by atoms with Gasteiger partial charge < -0.3 is 4.52 Å². The third-order valence-corrected chi connectivity index (χ3v) is 8.28. The lowest BCUT2D eigenvalue weighted by Crippen LogP contribution is -2.19. The molecule has 0 aliphatic heterocycles. The lowest BCUT2D eigenvalue weighted by Gasteiger charge is -2.28. The van der Waals surface area contributed by atoms with Gasteiger partial charge in [0.1, 0.15) is 0 Å². The van der Waals surface area contributed by atoms with Crippen molar-refractivity contribution in [2.24, 2.45) is 0 Å². The minimum atomic E-state index is -3.27. The zero-order chi connectivity index (χ0) is 16.6. The van der Waals surface area contributed by atoms with E-state index in [0.717, 1.165) is 12.0 Å². The maximum atomic E-state index is 13.0. The summed E-state index contributed by atoms with van der Waals surface area (Å²) in [5.74, 6) is 0. The molecule has 0 spiro atoms. The summed E-state index contributed by atoms with van der Waals surface area (Å²) < 4.78 is 19.7. The summed E-state index contributed by atoms with van der Waals surface area (Å²) >= 11 is 1.21. The van der Waals surface area contributed by atoms with Crippen LogP contribution in [0.3, 0.4) is 0 Å². The molecule has 0 aliphatic carbocycles. The van der Waals surface area contributed by atoms with Gasteiger partial charge in [-0.3, -0.25) is 14.0 Å². The van der Waals surface area contributed by atoms with Crippen LogP contribution in [-0.2, 0) is 20.4 Å². The molecule has 2 unspecified atom stereocenters. The average molecular weight is 340 g/mol. The molecular formula is C15H21N2O3PS. The van der Waals surface area contributed by atoms with Gasteiger partial charge in [0.25, 0.3) is 0 Å². The Hall–Kier alpha value is -1.28. The highest BCUT2D eigenvalue weighted by molar-refractivity contribution is 8.56. The van der Waals surface area contributed by atoms with Crippen molar-refractivity contribution in [3.8, 4) is 6.07 Å². The molecule has 1 aromatic carbocycles. The van der Waals surface area contributed by atoms with Gasteiger partial charge in [-0.25, -0.2) is 0 Å². The quantitative estimate of drug-likeness (QED) is 0.498. The second-order valence-corrected chi connectivity index (χ2v) is 9.46. The van der Waals surface area contributed by atoms with Gasteiger partial charge in [0, 0.05) is 5.25 Å². The maximum absolute atomic E-state index is 13.0. The highest BCUT2D eigenvalue weighted by Crippen LogP contribution is 2.64. The molecule has 5 nitrogen and oxygen atoms in total. The van der Waals surface area contributed by atoms with Crippen LogP contribution >= 0.6 is 18.1 Å². The molecule has 0 aliphatic rings. The third kappa shape index (κ3) is 5.17. The summed E-state index contributed by atoms with van der Waals surface area (Å²) in [6.07, 6.45) is 1.41. The molecule has 22 heavy (non-hydrogen) atoms. The molecule has 0 aromatic heterocycles. The van der Waals surface area contributed by atoms with Crippen molar-refractivity contribution < 1.29 is 13.9 Å². The number of hydrogen-bond acceptors (Lipinski definition) is 5. The predicted molar refractivity (Wildman–Crippen MR) is 89.3 cm³/mol. The van der Waals surface area contributed by atoms with Gasteiger partial charge in [0.15, 0.2) is 0 Å². The van der Waals surface area contributed by atoms with Crippen LogP contribution in [0.25, 0.3) is 0 Å². The third-order valence-electron chi connectivity index (χ3n) is 3.04. The van der Waals surface area contributed by atoms with Crippen molar-refractivity contribution in [3.63, 3.8) is 0 Å². The van der Waals surface area contributed by atoms with Crippen LogP contribution in [0.2, 0.25) is 0 Å². The number of rotatable bonds is 9. The fourth-order valence-electron chi connectivity index (χ4n) is 1.68. The molecule has 2 atom stereocenters. The van der Waals surface area contributed by atoms with E-state index in [2.05, 4.69) is 0 Å². The van der Waals surface area contributed by atoms with Gasteiger partial charge in [0.2, 0.25) is 6.41 Å². The Morgan fingerprint density at radius 1 is 1.41 bits per heavy atom. The molecule has 0 bridgehead atoms. The smallest absolute Gasteiger partial charge is 0.306 e. The van der Waals surface area contributed by atoms with E-state index in [-0.39, 0.29) is 18.4 Å². The number of carbonyl (C=O) groups is 1. The monoisotopic (exact) mass is 340 g/mol. The predicted octanol–water partition coefficient (Wildman–Crippen LogP) is 4.19. The van der Waals surface area contributed by atoms with E-state index < -0.39 is 6.72 Å². The molecule has 0 radical (unpaired) electrons. The number of nitrogens with zero attached hydrogens (tertiary/aromatic N) is 2. The van der Waals surface area contributed by atoms with Crippen molar-refractivity contribution in [1.29, 1.82) is 5.26 Å². The SMILES string of the molecule is CCOP(=O)(SC(C)CC)N(C=O)Cc1ccc(C#N)cc1. The molecule has 0 fully saturated rings. The summed E-state index contributed by atoms with van der Waals surface area (Å²) in [5.41, 5.74) is 1.35. The molecule has 1 amide bonds. The van der Waals surface area contributed by atoms with Crippen LogP contribution in [0.4, 0.5) is 0 Å². The number of amides is 1. The molecule has 120 valence electrons. The second kappa shape index (κ2) is 8.99. The first-order valence-corrected chi connectivity index (χ1v) is 10.2. The fourth-order valence-corrected chi connectivity index (χ4v) is 6.36. The first-order valence-electron chi connectivity index (χ1n) is 7.13. The van der Waals surface area contributed by atoms with Gasteiger partial charge in [0.05, 0.1) is 24.8 Å². The van der Waals surface area contributed by atoms with Gasteiger partial charge in [-0.15, -0.1) is 0 Å². The molecule has 1 aromatic rings. The zero-order valence-corrected chi connectivity index (χ0v) is 14.8. The van der Waals surface area contributed by atoms with E-state index in [9.17, 15) is 9.36 Å². The van der Waals surface area contributed by atoms with E-state index in [1.165, 1.54) is 16.1 Å². The Labute approximate surface area is 135 Å². The summed E-state index contributed by atoms with van der Waals surface area (Å²) in [6, 6.07) is 8.88. The fraction of sp³-hybridized carbons (Fsp3) is 0.467. The summed E-state index contributed by atoms with van der Waals surface area (Å²) in [4.78, 5) is 11.4. The van der Waals surface area contributed by atoms with Gasteiger partial charge in [-0.2, -0.15) is 5.26 Å². The first kappa shape index (κ1) is 18.8. The van der Waals surface area contributed by atoms with Crippen LogP contribution in [0.5, 0.6) is 0 Å². The molecular weight excluding hydrogens is 319 g/mol. The summed E-state index contributed by atoms with van der Waals surface area (Å²) in [7, 11) is 0. The van der Waals surface area contributed by atoms with E-state index in [1.54, 1.807) is 31.2 Å².